The van der Waals surface area contributed by atoms with E-state index >= 15 is 0 Å². The van der Waals surface area contributed by atoms with Crippen LogP contribution in [0.25, 0.3) is 0 Å². The van der Waals surface area contributed by atoms with Crippen LogP contribution in [0.2, 0.25) is 0 Å². The summed E-state index contributed by atoms with van der Waals surface area (Å²) in [6.45, 7) is 0. The molecule has 0 radical (unpaired) electrons. The second kappa shape index (κ2) is 2.49. The summed E-state index contributed by atoms with van der Waals surface area (Å²) in [4.78, 5) is 0. The van der Waals surface area contributed by atoms with Crippen molar-refractivity contribution in [3.8, 4) is 0 Å². The smallest absolute Gasteiger partial charge is 0.294 e. The first-order valence-electron chi connectivity index (χ1n) is 0.889. The average Bonchev–Trinajstić information content (AvgIpc) is 1.38. The number of hydrogen-bond acceptors (Lipinski definition) is 2. The van der Waals surface area contributed by atoms with Gasteiger partial charge in [-0.1, -0.05) is 0 Å². The van der Waals surface area contributed by atoms with Crippen LogP contribution in [0.5, 0.6) is 0 Å². The van der Waals surface area contributed by atoms with Crippen LogP contribution in [0.1, 0.15) is 0 Å². The Morgan fingerprint density at radius 3 is 2.20 bits per heavy atom. The summed E-state index contributed by atoms with van der Waals surface area (Å²) < 4.78 is 28.8. The largest absolute Gasteiger partial charge is 0.776 e. The van der Waals surface area contributed by atoms with Gasteiger partial charge >= 0.3 is 0 Å². The van der Waals surface area contributed by atoms with E-state index in [0.29, 0.717) is 0 Å². The van der Waals surface area contributed by atoms with Crippen LogP contribution >= 0.6 is 0 Å². The fourth-order valence-corrected chi connectivity index (χ4v) is 0. The highest BCUT2D eigenvalue weighted by atomic mass is 32.4. The van der Waals surface area contributed by atoms with Gasteiger partial charge in [0.2, 0.25) is 0 Å². The molecular weight excluding hydrogens is 111 g/mol. The van der Waals surface area contributed by atoms with Crippen molar-refractivity contribution in [2.45, 2.75) is 0 Å². The maximum Gasteiger partial charge on any atom is 0.294 e. The lowest BCUT2D eigenvalue weighted by molar-refractivity contribution is 0.548. The van der Waals surface area contributed by atoms with E-state index < -0.39 is 19.5 Å². The Kier molecular flexibility index (Phi) is 2.62. The first kappa shape index (κ1) is 5.26. The Labute approximate surface area is 33.3 Å². The van der Waals surface area contributed by atoms with E-state index in [9.17, 15) is 4.11 Å². The molecule has 0 N–H and O–H groups in total. The maximum absolute atomic E-state index is 10.6. The molecule has 0 aliphatic heterocycles. The second-order valence-corrected chi connectivity index (χ2v) is 3.31. The quantitative estimate of drug-likeness (QED) is 0.244. The van der Waals surface area contributed by atoms with Gasteiger partial charge in [0.15, 0.2) is 0 Å². The highest BCUT2D eigenvalue weighted by molar-refractivity contribution is 8.04. The van der Waals surface area contributed by atoms with Crippen LogP contribution < -0.4 is 0 Å². The van der Waals surface area contributed by atoms with Crippen molar-refractivity contribution in [1.29, 1.82) is 0 Å². The lowest BCUT2D eigenvalue weighted by Crippen LogP contribution is -1.89. The van der Waals surface area contributed by atoms with Gasteiger partial charge in [0.25, 0.3) is 9.00 Å². The summed E-state index contributed by atoms with van der Waals surface area (Å²) in [6, 6.07) is 0. The van der Waals surface area contributed by atoms with E-state index in [1.54, 1.807) is 0 Å². The van der Waals surface area contributed by atoms with Crippen LogP contribution in [0.15, 0.2) is 0 Å². The zero-order valence-corrected chi connectivity index (χ0v) is 4.54. The molecule has 0 amide bonds. The van der Waals surface area contributed by atoms with E-state index in [1.807, 2.05) is 0 Å². The van der Waals surface area contributed by atoms with Gasteiger partial charge in [-0.2, -0.15) is 0 Å². The molecule has 5 heteroatoms. The van der Waals surface area contributed by atoms with Gasteiger partial charge in [-0.3, -0.25) is 4.21 Å². The summed E-state index contributed by atoms with van der Waals surface area (Å²) in [5.74, 6) is 0. The molecule has 0 aliphatic rings. The van der Waals surface area contributed by atoms with Crippen molar-refractivity contribution in [3.63, 3.8) is 0 Å². The fourth-order valence-electron chi connectivity index (χ4n) is 0. The van der Waals surface area contributed by atoms with E-state index in [4.69, 9.17) is 8.76 Å². The van der Waals surface area contributed by atoms with Crippen LogP contribution in [-0.4, -0.2) is 17.8 Å². The minimum atomic E-state index is -2.35. The van der Waals surface area contributed by atoms with Gasteiger partial charge in [0, 0.05) is 0 Å². The molecule has 0 saturated carbocycles. The van der Waals surface area contributed by atoms with Crippen LogP contribution in [-0.2, 0) is 10.5 Å². The summed E-state index contributed by atoms with van der Waals surface area (Å²) in [7, 11) is -4.58. The molecule has 0 aliphatic carbocycles. The lowest BCUT2D eigenvalue weighted by atomic mass is 15.9. The van der Waals surface area contributed by atoms with Crippen molar-refractivity contribution in [2.24, 2.45) is 0 Å². The lowest BCUT2D eigenvalue weighted by Gasteiger charge is -1.89. The van der Waals surface area contributed by atoms with Crippen LogP contribution in [0, 0.1) is 0 Å². The molecule has 0 spiro atoms. The highest BCUT2D eigenvalue weighted by Crippen LogP contribution is 1.62. The van der Waals surface area contributed by atoms with Gasteiger partial charge in [-0.15, -0.1) is 0 Å². The third-order valence-corrected chi connectivity index (χ3v) is 0.802. The van der Waals surface area contributed by atoms with E-state index in [2.05, 4.69) is 0 Å². The highest BCUT2D eigenvalue weighted by Gasteiger charge is 1.70. The number of hydrogen-bond donors (Lipinski definition) is 0. The first-order valence-corrected chi connectivity index (χ1v) is 4.40. The van der Waals surface area contributed by atoms with Crippen molar-refractivity contribution < 1.29 is 12.9 Å². The molecule has 0 aromatic carbocycles. The standard InChI is InChI=1S/FH3O2SSi/c1-5-4(2)3/h5H2,(H,2,3)/p-1. The third kappa shape index (κ3) is 4.26. The molecule has 0 saturated heterocycles. The third-order valence-electron chi connectivity index (χ3n) is 0.0891. The Hall–Kier alpha value is 0.257. The Morgan fingerprint density at radius 2 is 2.20 bits per heavy atom. The van der Waals surface area contributed by atoms with Crippen molar-refractivity contribution in [2.75, 3.05) is 0 Å². The van der Waals surface area contributed by atoms with Gasteiger partial charge in [0.1, 0.15) is 0 Å². The molecule has 5 heavy (non-hydrogen) atoms. The van der Waals surface area contributed by atoms with E-state index in [-0.39, 0.29) is 0 Å². The van der Waals surface area contributed by atoms with E-state index in [1.165, 1.54) is 0 Å². The van der Waals surface area contributed by atoms with Crippen molar-refractivity contribution in [3.05, 3.63) is 0 Å². The van der Waals surface area contributed by atoms with Gasteiger partial charge < -0.3 is 8.66 Å². The molecule has 0 rings (SSSR count). The van der Waals surface area contributed by atoms with E-state index in [0.717, 1.165) is 0 Å². The summed E-state index contributed by atoms with van der Waals surface area (Å²) >= 11 is 0. The van der Waals surface area contributed by atoms with Gasteiger partial charge in [0.05, 0.1) is 0 Å². The van der Waals surface area contributed by atoms with Gasteiger partial charge in [-0.05, 0) is 10.5 Å². The van der Waals surface area contributed by atoms with Crippen molar-refractivity contribution in [1.82, 2.24) is 0 Å². The Morgan fingerprint density at radius 1 is 2.00 bits per heavy atom. The molecule has 1 atom stereocenters. The minimum absolute atomic E-state index is 2.23. The predicted molar refractivity (Wildman–Crippen MR) is 18.6 cm³/mol. The SMILES string of the molecule is O=S([O-])[SiH2]F. The topological polar surface area (TPSA) is 40.1 Å². The van der Waals surface area contributed by atoms with Crippen molar-refractivity contribution >= 4 is 19.5 Å². The molecule has 0 heterocycles. The Bertz CT molecular complexity index is 44.9. The predicted octanol–water partition coefficient (Wildman–Crippen LogP) is -1.17. The molecule has 0 aromatic heterocycles. The fraction of sp³-hybridized carbons (Fsp3) is 0. The molecule has 0 aromatic rings. The minimum Gasteiger partial charge on any atom is -0.776 e. The summed E-state index contributed by atoms with van der Waals surface area (Å²) in [6.07, 6.45) is 0. The molecule has 1 unspecified atom stereocenters. The summed E-state index contributed by atoms with van der Waals surface area (Å²) in [5.41, 5.74) is 0. The Balaban J connectivity index is 2.85. The van der Waals surface area contributed by atoms with Crippen LogP contribution in [0.3, 0.4) is 0 Å². The molecule has 2 nitrogen and oxygen atoms in total. The first-order chi connectivity index (χ1) is 2.27. The number of rotatable bonds is 1. The normalized spacial score (nSPS) is 17.2. The van der Waals surface area contributed by atoms with Gasteiger partial charge in [-0.25, -0.2) is 0 Å². The average molecular weight is 113 g/mol. The zero-order valence-electron chi connectivity index (χ0n) is 2.31. The molecule has 32 valence electrons. The number of halogens is 1. The molecular formula is H2FO2SSi-. The maximum atomic E-state index is 10.6. The second-order valence-electron chi connectivity index (χ2n) is 0.413. The monoisotopic (exact) mass is 113 g/mol. The zero-order chi connectivity index (χ0) is 4.28. The summed E-state index contributed by atoms with van der Waals surface area (Å²) in [5, 5.41) is 0. The molecule has 0 bridgehead atoms. The van der Waals surface area contributed by atoms with Crippen LogP contribution in [0.4, 0.5) is 4.11 Å². The molecule has 0 fully saturated rings.